The van der Waals surface area contributed by atoms with Gasteiger partial charge in [0.15, 0.2) is 17.0 Å². The summed E-state index contributed by atoms with van der Waals surface area (Å²) in [6, 6.07) is 136. The van der Waals surface area contributed by atoms with Crippen molar-refractivity contribution in [1.29, 1.82) is 0 Å². The van der Waals surface area contributed by atoms with Gasteiger partial charge in [-0.1, -0.05) is 237 Å². The number of benzene rings is 15. The third kappa shape index (κ3) is 15.0. The van der Waals surface area contributed by atoms with E-state index in [9.17, 15) is 0 Å². The van der Waals surface area contributed by atoms with Crippen LogP contribution in [0, 0.1) is 24.3 Å². The van der Waals surface area contributed by atoms with Gasteiger partial charge in [-0.2, -0.15) is 32.0 Å². The minimum atomic E-state index is 0. The van der Waals surface area contributed by atoms with Crippen LogP contribution in [0.3, 0.4) is 0 Å². The maximum atomic E-state index is 6.38. The minimum absolute atomic E-state index is 0. The summed E-state index contributed by atoms with van der Waals surface area (Å²) < 4.78 is 37.5. The molecule has 0 unspecified atom stereocenters. The van der Waals surface area contributed by atoms with Gasteiger partial charge in [-0.05, 0) is 150 Å². The number of hydrogen-bond donors (Lipinski definition) is 0. The van der Waals surface area contributed by atoms with E-state index in [1.165, 1.54) is 11.1 Å². The summed E-state index contributed by atoms with van der Waals surface area (Å²) in [6.07, 6.45) is 1.91. The van der Waals surface area contributed by atoms with Gasteiger partial charge in [0.05, 0.1) is 39.5 Å². The van der Waals surface area contributed by atoms with Crippen LogP contribution in [-0.4, -0.2) is 49.8 Å². The Labute approximate surface area is 908 Å². The number of ether oxygens (including phenoxy) is 3. The molecule has 0 N–H and O–H groups in total. The molecular formula is C126H64N14O6Pt4. The van der Waals surface area contributed by atoms with E-state index in [0.717, 1.165) is 244 Å². The van der Waals surface area contributed by atoms with Crippen molar-refractivity contribution < 1.29 is 112 Å². The maximum absolute atomic E-state index is 6.38. The first-order valence-electron chi connectivity index (χ1n) is 48.0. The maximum Gasteiger partial charge on any atom is 2.00 e. The van der Waals surface area contributed by atoms with Gasteiger partial charge in [-0.3, -0.25) is 0 Å². The summed E-state index contributed by atoms with van der Waals surface area (Å²) in [5, 5.41) is 15.6. The molecule has 20 nitrogen and oxygen atoms in total. The van der Waals surface area contributed by atoms with E-state index in [4.69, 9.17) is 97.2 Å². The molecule has 30 aromatic rings. The molecule has 714 valence electrons. The van der Waals surface area contributed by atoms with Crippen molar-refractivity contribution in [2.24, 2.45) is 0 Å². The van der Waals surface area contributed by atoms with Crippen molar-refractivity contribution in [2.45, 2.75) is 12.8 Å². The number of aryl methyl sites for hydroxylation is 2. The van der Waals surface area contributed by atoms with Crippen LogP contribution in [0.1, 0.15) is 11.1 Å². The molecule has 0 amide bonds. The molecule has 0 radical (unpaired) electrons. The van der Waals surface area contributed by atoms with E-state index in [2.05, 4.69) is 206 Å². The molecule has 34 rings (SSSR count). The first kappa shape index (κ1) is 91.3. The van der Waals surface area contributed by atoms with Crippen LogP contribution in [0.2, 0.25) is 0 Å². The number of furan rings is 2. The summed E-state index contributed by atoms with van der Waals surface area (Å²) in [6.45, 7) is 0. The van der Waals surface area contributed by atoms with E-state index >= 15 is 0 Å². The first-order valence-corrected chi connectivity index (χ1v) is 48.0. The zero-order chi connectivity index (χ0) is 95.5. The Balaban J connectivity index is 0.0000000977. The second kappa shape index (κ2) is 36.3. The number of nitrogens with zero attached hydrogens (tertiary/aromatic N) is 14. The number of fused-ring (bicyclic) bond motifs is 42. The fourth-order valence-electron chi connectivity index (χ4n) is 21.5. The monoisotopic (exact) mass is 2650 g/mol. The average molecular weight is 2650 g/mol. The topological polar surface area (TPSA) is 252 Å². The van der Waals surface area contributed by atoms with Crippen LogP contribution in [-0.2, 0) is 97.1 Å². The molecule has 15 aromatic heterocycles. The standard InChI is InChI=1S/2C33H16N4O2.C30H17N3O.C30H15N3O.4Pt/c1-2-16-27-24(9-1)30-32(39-27)31-26-15-6-14-25(34-26)23-13-5-12-22-21-11-4-10-20(28(21)35-29(22)23)18-7-3-8-19(17-18)38-33(36-30)37-31;1-2-15-26-23(9-1)30-32(39-26)31-24-13-5-12-22-21-11-4-10-20(28(21)35-29(22)24)18-7-3-8-19(17-18)38-27-16-6-14-25(34-27)33(36-30)37-31;2*1-4-19-16-20(5-1)34-26-15-13-18-11-10-17-12-14-25(31-27(17)28(18)32-26)24-9-3-8-23-22-7-2-6-21(19)29(22)33-30(23)24;;;;/h2*1-16H;1-9,12-15H,10-11H2;1-15H;;;;/q4*-2;4*+2. The predicted octanol–water partition coefficient (Wildman–Crippen LogP) is 30.1. The van der Waals surface area contributed by atoms with E-state index in [1.54, 1.807) is 0 Å². The largest absolute Gasteiger partial charge is 2.00 e. The van der Waals surface area contributed by atoms with Gasteiger partial charge >= 0.3 is 90.3 Å². The third-order valence-corrected chi connectivity index (χ3v) is 28.2. The molecule has 0 fully saturated rings. The van der Waals surface area contributed by atoms with E-state index in [0.29, 0.717) is 85.6 Å². The van der Waals surface area contributed by atoms with Crippen LogP contribution in [0.25, 0.3) is 288 Å². The molecule has 1 aliphatic carbocycles. The molecule has 3 aliphatic heterocycles. The van der Waals surface area contributed by atoms with Gasteiger partial charge in [0.1, 0.15) is 44.8 Å². The summed E-state index contributed by atoms with van der Waals surface area (Å²) in [5.74, 6) is 3.18. The molecule has 0 saturated carbocycles. The smallest absolute Gasteiger partial charge is 0.664 e. The molecule has 150 heavy (non-hydrogen) atoms. The van der Waals surface area contributed by atoms with Gasteiger partial charge in [0.2, 0.25) is 17.5 Å². The fraction of sp³-hybridized carbons (Fsp3) is 0.0159. The summed E-state index contributed by atoms with van der Waals surface area (Å²) >= 11 is 0. The predicted molar refractivity (Wildman–Crippen MR) is 572 cm³/mol. The van der Waals surface area contributed by atoms with Gasteiger partial charge < -0.3 is 47.4 Å². The molecular weight excluding hydrogens is 2590 g/mol. The second-order valence-corrected chi connectivity index (χ2v) is 36.7. The van der Waals surface area contributed by atoms with Gasteiger partial charge in [-0.25, -0.2) is 39.9 Å². The number of hydrogen-bond acceptors (Lipinski definition) is 16. The van der Waals surface area contributed by atoms with Crippen LogP contribution >= 0.6 is 0 Å². The van der Waals surface area contributed by atoms with Crippen molar-refractivity contribution in [3.63, 3.8) is 0 Å². The van der Waals surface area contributed by atoms with Crippen LogP contribution in [0.15, 0.2) is 377 Å². The molecule has 4 aliphatic rings. The zero-order valence-corrected chi connectivity index (χ0v) is 87.1. The van der Waals surface area contributed by atoms with Gasteiger partial charge in [-0.15, -0.1) is 139 Å². The van der Waals surface area contributed by atoms with Crippen molar-refractivity contribution in [3.8, 4) is 136 Å². The van der Waals surface area contributed by atoms with Gasteiger partial charge in [0, 0.05) is 62.6 Å². The quantitative estimate of drug-likeness (QED) is 0.101. The summed E-state index contributed by atoms with van der Waals surface area (Å²) in [7, 11) is 0. The summed E-state index contributed by atoms with van der Waals surface area (Å²) in [4.78, 5) is 70.1. The van der Waals surface area contributed by atoms with Crippen molar-refractivity contribution in [3.05, 3.63) is 399 Å². The molecule has 0 atom stereocenters. The normalized spacial score (nSPS) is 12.2. The van der Waals surface area contributed by atoms with Crippen LogP contribution < -0.4 is 34.1 Å². The van der Waals surface area contributed by atoms with E-state index in [-0.39, 0.29) is 90.3 Å². The fourth-order valence-corrected chi connectivity index (χ4v) is 21.5. The summed E-state index contributed by atoms with van der Waals surface area (Å²) in [5.41, 5.74) is 32.2. The van der Waals surface area contributed by atoms with Crippen LogP contribution in [0.5, 0.6) is 35.0 Å². The molecule has 0 saturated heterocycles. The van der Waals surface area contributed by atoms with Gasteiger partial charge in [0.25, 0.3) is 0 Å². The molecule has 15 aromatic carbocycles. The first-order chi connectivity index (χ1) is 72.2. The third-order valence-electron chi connectivity index (χ3n) is 28.2. The molecule has 24 heteroatoms. The molecule has 32 bridgehead atoms. The number of aromatic nitrogens is 14. The van der Waals surface area contributed by atoms with E-state index in [1.807, 2.05) is 182 Å². The molecule has 18 heterocycles. The zero-order valence-electron chi connectivity index (χ0n) is 78.0. The Hall–Kier alpha value is -17.4. The Morgan fingerprint density at radius 2 is 0.667 bits per heavy atom. The number of rotatable bonds is 0. The van der Waals surface area contributed by atoms with Crippen molar-refractivity contribution >= 4 is 186 Å². The Bertz CT molecular complexity index is 11000. The Morgan fingerprint density at radius 3 is 1.29 bits per heavy atom. The molecule has 0 spiro atoms. The number of pyridine rings is 6. The second-order valence-electron chi connectivity index (χ2n) is 36.7. The van der Waals surface area contributed by atoms with Crippen molar-refractivity contribution in [1.82, 2.24) is 69.8 Å². The SMILES string of the molecule is [Pt+2].[Pt+2].[Pt+2].[Pt+2].[c-]1c2cccc1-c1cccc3c1[n-]c1c(cccc13)-c1ccc3c(n1)-c1nc(ccc1CC3)O2.[c-]1c2cccc1-c1cccc3c1[n-]c1c(cccc13)-c1cccc(n1)-c1nc(nc3c1oc1ccccc13)O2.[c-]1c2cccc1-c1cccc3c1[n-]c1c(cccc13)-c1nc(nc3c1oc1ccccc13)-c1cccc(n1)O2.[c-]1c2cccc1c1cccc3c4cccc(c5ccc6ccc7ccc(nc7c6n5)o2)c4[n-]c13. The Kier molecular flexibility index (Phi) is 22.1. The Morgan fingerprint density at radius 1 is 0.233 bits per heavy atom. The van der Waals surface area contributed by atoms with Crippen molar-refractivity contribution in [2.75, 3.05) is 0 Å². The average Bonchev–Trinajstić information content (AvgIpc) is 1.58. The van der Waals surface area contributed by atoms with Crippen LogP contribution in [0.4, 0.5) is 0 Å². The van der Waals surface area contributed by atoms with E-state index < -0.39 is 0 Å². The number of para-hydroxylation sites is 10. The minimum Gasteiger partial charge on any atom is -0.664 e.